The zero-order valence-electron chi connectivity index (χ0n) is 6.64. The molecule has 4 N–H and O–H groups in total. The van der Waals surface area contributed by atoms with Gasteiger partial charge in [-0.1, -0.05) is 11.3 Å². The van der Waals surface area contributed by atoms with Crippen molar-refractivity contribution in [2.24, 2.45) is 0 Å². The van der Waals surface area contributed by atoms with Crippen LogP contribution in [0.15, 0.2) is 18.6 Å². The molecule has 0 aromatic carbocycles. The van der Waals surface area contributed by atoms with Crippen LogP contribution in [0.2, 0.25) is 0 Å². The second-order valence-corrected chi connectivity index (χ2v) is 3.45. The Kier molecular flexibility index (Phi) is 1.82. The number of aromatic nitrogens is 3. The van der Waals surface area contributed by atoms with Gasteiger partial charge in [-0.15, -0.1) is 0 Å². The Morgan fingerprint density at radius 3 is 2.38 bits per heavy atom. The summed E-state index contributed by atoms with van der Waals surface area (Å²) in [5, 5.41) is 0.522. The molecule has 2 aromatic heterocycles. The molecule has 2 heterocycles. The van der Waals surface area contributed by atoms with E-state index < -0.39 is 0 Å². The van der Waals surface area contributed by atoms with Crippen LogP contribution in [-0.4, -0.2) is 15.0 Å². The lowest BCUT2D eigenvalue weighted by molar-refractivity contribution is 1.22. The molecule has 0 atom stereocenters. The summed E-state index contributed by atoms with van der Waals surface area (Å²) in [6.07, 6.45) is 4.77. The van der Waals surface area contributed by atoms with E-state index in [4.69, 9.17) is 11.5 Å². The van der Waals surface area contributed by atoms with Crippen LogP contribution in [0, 0.1) is 0 Å². The van der Waals surface area contributed by atoms with Crippen molar-refractivity contribution in [1.82, 2.24) is 15.0 Å². The number of nitrogens with zero attached hydrogens (tertiary/aromatic N) is 3. The lowest BCUT2D eigenvalue weighted by Crippen LogP contribution is -1.91. The Balaban J connectivity index is 2.41. The summed E-state index contributed by atoms with van der Waals surface area (Å²) in [7, 11) is 0. The average molecular weight is 193 g/mol. The third-order valence-electron chi connectivity index (χ3n) is 1.45. The zero-order chi connectivity index (χ0) is 9.26. The van der Waals surface area contributed by atoms with E-state index in [-0.39, 0.29) is 0 Å². The summed E-state index contributed by atoms with van der Waals surface area (Å²) >= 11 is 1.37. The fourth-order valence-corrected chi connectivity index (χ4v) is 1.52. The normalized spacial score (nSPS) is 10.2. The molecule has 0 saturated heterocycles. The van der Waals surface area contributed by atoms with E-state index in [9.17, 15) is 0 Å². The van der Waals surface area contributed by atoms with E-state index in [1.807, 2.05) is 0 Å². The summed E-state index contributed by atoms with van der Waals surface area (Å²) in [5.74, 6) is 0.404. The molecule has 0 radical (unpaired) electrons. The van der Waals surface area contributed by atoms with Crippen LogP contribution in [0.25, 0.3) is 10.6 Å². The van der Waals surface area contributed by atoms with Crippen molar-refractivity contribution >= 4 is 22.3 Å². The van der Waals surface area contributed by atoms with Gasteiger partial charge in [0.2, 0.25) is 0 Å². The van der Waals surface area contributed by atoms with E-state index in [2.05, 4.69) is 15.0 Å². The molecule has 0 bridgehead atoms. The Morgan fingerprint density at radius 1 is 1.00 bits per heavy atom. The number of hydrogen-bond acceptors (Lipinski definition) is 6. The van der Waals surface area contributed by atoms with E-state index in [0.29, 0.717) is 10.9 Å². The maximum absolute atomic E-state index is 5.48. The van der Waals surface area contributed by atoms with Crippen molar-refractivity contribution < 1.29 is 0 Å². The van der Waals surface area contributed by atoms with Crippen molar-refractivity contribution in [3.63, 3.8) is 0 Å². The van der Waals surface area contributed by atoms with Crippen molar-refractivity contribution in [2.75, 3.05) is 11.5 Å². The number of nitrogen functional groups attached to an aromatic ring is 2. The van der Waals surface area contributed by atoms with Gasteiger partial charge in [-0.25, -0.2) is 15.0 Å². The third-order valence-corrected chi connectivity index (χ3v) is 2.30. The Bertz CT molecular complexity index is 407. The summed E-state index contributed by atoms with van der Waals surface area (Å²) in [6.45, 7) is 0. The molecule has 0 spiro atoms. The molecule has 0 fully saturated rings. The summed E-state index contributed by atoms with van der Waals surface area (Å²) < 4.78 is 0. The van der Waals surface area contributed by atoms with Crippen LogP contribution in [0.4, 0.5) is 10.9 Å². The molecular weight excluding hydrogens is 186 g/mol. The molecule has 66 valence electrons. The van der Waals surface area contributed by atoms with Gasteiger partial charge in [-0.3, -0.25) is 0 Å². The van der Waals surface area contributed by atoms with Gasteiger partial charge < -0.3 is 11.5 Å². The summed E-state index contributed by atoms with van der Waals surface area (Å²) in [4.78, 5) is 12.8. The molecule has 0 aliphatic carbocycles. The largest absolute Gasteiger partial charge is 0.382 e. The molecule has 13 heavy (non-hydrogen) atoms. The van der Waals surface area contributed by atoms with Gasteiger partial charge >= 0.3 is 0 Å². The highest BCUT2D eigenvalue weighted by molar-refractivity contribution is 7.18. The zero-order valence-corrected chi connectivity index (χ0v) is 7.45. The van der Waals surface area contributed by atoms with Gasteiger partial charge in [0.25, 0.3) is 0 Å². The number of rotatable bonds is 1. The Labute approximate surface area is 78.5 Å². The number of hydrogen-bond donors (Lipinski definition) is 2. The topological polar surface area (TPSA) is 90.7 Å². The molecule has 5 nitrogen and oxygen atoms in total. The van der Waals surface area contributed by atoms with Gasteiger partial charge in [0.05, 0.1) is 17.3 Å². The van der Waals surface area contributed by atoms with Crippen molar-refractivity contribution in [3.8, 4) is 10.6 Å². The first-order valence-corrected chi connectivity index (χ1v) is 4.36. The highest BCUT2D eigenvalue weighted by Gasteiger charge is 2.03. The van der Waals surface area contributed by atoms with Crippen LogP contribution >= 0.6 is 11.3 Å². The molecule has 6 heteroatoms. The van der Waals surface area contributed by atoms with Crippen molar-refractivity contribution in [1.29, 1.82) is 0 Å². The fraction of sp³-hybridized carbons (Fsp3) is 0. The highest BCUT2D eigenvalue weighted by Crippen LogP contribution is 2.24. The van der Waals surface area contributed by atoms with Gasteiger partial charge in [0, 0.05) is 6.20 Å². The maximum atomic E-state index is 5.48. The smallest absolute Gasteiger partial charge is 0.180 e. The molecule has 0 saturated carbocycles. The molecular formula is C7H7N5S. The minimum atomic E-state index is 0.404. The standard InChI is InChI=1S/C7H7N5S/c8-6-3-10-4(1-11-6)5-2-12-7(9)13-5/h1-3H,(H2,8,11)(H2,9,12). The van der Waals surface area contributed by atoms with Crippen molar-refractivity contribution in [2.45, 2.75) is 0 Å². The minimum absolute atomic E-state index is 0.404. The predicted molar refractivity (Wildman–Crippen MR) is 52.0 cm³/mol. The Morgan fingerprint density at radius 2 is 1.85 bits per heavy atom. The fourth-order valence-electron chi connectivity index (χ4n) is 0.871. The molecule has 0 unspecified atom stereocenters. The van der Waals surface area contributed by atoms with Gasteiger partial charge in [0.1, 0.15) is 11.5 Å². The monoisotopic (exact) mass is 193 g/mol. The summed E-state index contributed by atoms with van der Waals surface area (Å²) in [6, 6.07) is 0. The van der Waals surface area contributed by atoms with Crippen LogP contribution in [0.5, 0.6) is 0 Å². The van der Waals surface area contributed by atoms with Gasteiger partial charge in [0.15, 0.2) is 5.13 Å². The number of anilines is 2. The van der Waals surface area contributed by atoms with Crippen LogP contribution in [-0.2, 0) is 0 Å². The molecule has 0 amide bonds. The molecule has 2 aromatic rings. The molecule has 0 aliphatic rings. The molecule has 2 rings (SSSR count). The first-order valence-electron chi connectivity index (χ1n) is 3.55. The van der Waals surface area contributed by atoms with Crippen LogP contribution < -0.4 is 11.5 Å². The quantitative estimate of drug-likeness (QED) is 0.697. The lowest BCUT2D eigenvalue weighted by Gasteiger charge is -1.94. The maximum Gasteiger partial charge on any atom is 0.180 e. The average Bonchev–Trinajstić information content (AvgIpc) is 2.53. The first-order chi connectivity index (χ1) is 6.25. The van der Waals surface area contributed by atoms with Crippen LogP contribution in [0.1, 0.15) is 0 Å². The highest BCUT2D eigenvalue weighted by atomic mass is 32.1. The second kappa shape index (κ2) is 2.98. The van der Waals surface area contributed by atoms with Gasteiger partial charge in [-0.2, -0.15) is 0 Å². The van der Waals surface area contributed by atoms with Crippen molar-refractivity contribution in [3.05, 3.63) is 18.6 Å². The second-order valence-electron chi connectivity index (χ2n) is 2.39. The van der Waals surface area contributed by atoms with E-state index in [1.165, 1.54) is 17.5 Å². The lowest BCUT2D eigenvalue weighted by atomic mass is 10.4. The molecule has 0 aliphatic heterocycles. The Hall–Kier alpha value is -1.69. The van der Waals surface area contributed by atoms with E-state index >= 15 is 0 Å². The number of thiazole rings is 1. The van der Waals surface area contributed by atoms with E-state index in [1.54, 1.807) is 12.4 Å². The van der Waals surface area contributed by atoms with Gasteiger partial charge in [-0.05, 0) is 0 Å². The minimum Gasteiger partial charge on any atom is -0.382 e. The third kappa shape index (κ3) is 1.57. The summed E-state index contributed by atoms with van der Waals surface area (Å²) in [5.41, 5.74) is 11.6. The SMILES string of the molecule is Nc1cnc(-c2cnc(N)s2)cn1. The predicted octanol–water partition coefficient (Wildman–Crippen LogP) is 0.765. The van der Waals surface area contributed by atoms with Crippen LogP contribution in [0.3, 0.4) is 0 Å². The first kappa shape index (κ1) is 7.93. The van der Waals surface area contributed by atoms with E-state index in [0.717, 1.165) is 10.6 Å². The number of nitrogens with two attached hydrogens (primary N) is 2.